The molecule has 0 unspecified atom stereocenters. The Morgan fingerprint density at radius 1 is 1.03 bits per heavy atom. The Balaban J connectivity index is 1.36. The molecule has 3 aromatic rings. The molecule has 1 aromatic carbocycles. The average Bonchev–Trinajstić information content (AvgIpc) is 3.25. The number of hydrogen-bond donors (Lipinski definition) is 0. The van der Waals surface area contributed by atoms with Crippen LogP contribution in [-0.2, 0) is 0 Å². The summed E-state index contributed by atoms with van der Waals surface area (Å²) in [6.45, 7) is 3.31. The van der Waals surface area contributed by atoms with Gasteiger partial charge in [-0.1, -0.05) is 47.9 Å². The highest BCUT2D eigenvalue weighted by Gasteiger charge is 2.22. The molecule has 0 radical (unpaired) electrons. The van der Waals surface area contributed by atoms with E-state index < -0.39 is 0 Å². The Morgan fingerprint density at radius 2 is 1.83 bits per heavy atom. The molecule has 0 saturated carbocycles. The lowest BCUT2D eigenvalue weighted by Gasteiger charge is -2.27. The van der Waals surface area contributed by atoms with Crippen molar-refractivity contribution < 1.29 is 9.21 Å². The summed E-state index contributed by atoms with van der Waals surface area (Å²) in [5.74, 6) is 7.23. The third kappa shape index (κ3) is 4.64. The monoisotopic (exact) mass is 382 g/mol. The van der Waals surface area contributed by atoms with E-state index >= 15 is 0 Å². The zero-order valence-corrected chi connectivity index (χ0v) is 16.4. The van der Waals surface area contributed by atoms with Crippen LogP contribution in [0, 0.1) is 18.8 Å². The second kappa shape index (κ2) is 8.62. The molecule has 1 aliphatic rings. The van der Waals surface area contributed by atoms with E-state index in [4.69, 9.17) is 4.42 Å². The van der Waals surface area contributed by atoms with E-state index in [1.165, 1.54) is 5.57 Å². The Hall–Kier alpha value is -3.58. The molecule has 0 spiro atoms. The number of nitrogens with zero attached hydrogens (tertiary/aromatic N) is 2. The smallest absolute Gasteiger partial charge is 0.289 e. The van der Waals surface area contributed by atoms with Crippen LogP contribution in [0.15, 0.2) is 76.7 Å². The van der Waals surface area contributed by atoms with Crippen LogP contribution in [-0.4, -0.2) is 28.9 Å². The van der Waals surface area contributed by atoms with Crippen molar-refractivity contribution in [1.82, 2.24) is 9.88 Å². The van der Waals surface area contributed by atoms with Gasteiger partial charge in [0, 0.05) is 24.3 Å². The molecular weight excluding hydrogens is 360 g/mol. The minimum Gasteiger partial charge on any atom is -0.451 e. The van der Waals surface area contributed by atoms with Gasteiger partial charge in [-0.3, -0.25) is 4.79 Å². The van der Waals surface area contributed by atoms with Gasteiger partial charge in [-0.15, -0.1) is 0 Å². The van der Waals surface area contributed by atoms with Gasteiger partial charge >= 0.3 is 0 Å². The Labute approximate surface area is 170 Å². The fourth-order valence-electron chi connectivity index (χ4n) is 3.33. The first-order chi connectivity index (χ1) is 14.2. The molecule has 4 rings (SSSR count). The minimum absolute atomic E-state index is 0.0544. The second-order valence-electron chi connectivity index (χ2n) is 7.06. The molecule has 144 valence electrons. The lowest BCUT2D eigenvalue weighted by Crippen LogP contribution is -2.36. The van der Waals surface area contributed by atoms with Crippen LogP contribution >= 0.6 is 0 Å². The van der Waals surface area contributed by atoms with Crippen molar-refractivity contribution in [2.45, 2.75) is 19.8 Å². The first-order valence-corrected chi connectivity index (χ1v) is 9.77. The average molecular weight is 382 g/mol. The molecule has 0 bridgehead atoms. The minimum atomic E-state index is -0.0544. The van der Waals surface area contributed by atoms with Crippen LogP contribution in [0.25, 0.3) is 11.3 Å². The number of likely N-dealkylation sites (tertiary alicyclic amines) is 1. The molecule has 1 aliphatic heterocycles. The summed E-state index contributed by atoms with van der Waals surface area (Å²) in [7, 11) is 0. The number of carbonyl (C=O) groups excluding carboxylic acids is 1. The number of benzene rings is 1. The number of allylic oxidation sites excluding steroid dienone is 1. The zero-order chi connectivity index (χ0) is 20.1. The molecule has 4 heteroatoms. The van der Waals surface area contributed by atoms with Crippen molar-refractivity contribution in [3.05, 3.63) is 89.5 Å². The van der Waals surface area contributed by atoms with Gasteiger partial charge in [0.1, 0.15) is 11.5 Å². The highest BCUT2D eigenvalue weighted by Crippen LogP contribution is 2.24. The van der Waals surface area contributed by atoms with E-state index in [1.807, 2.05) is 72.5 Å². The fraction of sp³-hybridized carbons (Fsp3) is 0.200. The van der Waals surface area contributed by atoms with Crippen LogP contribution in [0.3, 0.4) is 0 Å². The van der Waals surface area contributed by atoms with Gasteiger partial charge < -0.3 is 9.32 Å². The largest absolute Gasteiger partial charge is 0.451 e. The first kappa shape index (κ1) is 18.8. The predicted octanol–water partition coefficient (Wildman–Crippen LogP) is 4.86. The van der Waals surface area contributed by atoms with Crippen LogP contribution in [0.1, 0.15) is 34.8 Å². The van der Waals surface area contributed by atoms with Crippen LogP contribution in [0.2, 0.25) is 0 Å². The molecule has 29 heavy (non-hydrogen) atoms. The Kier molecular flexibility index (Phi) is 5.58. The van der Waals surface area contributed by atoms with Crippen molar-refractivity contribution in [3.8, 4) is 23.2 Å². The summed E-state index contributed by atoms with van der Waals surface area (Å²) in [5, 5.41) is 0. The van der Waals surface area contributed by atoms with Crippen molar-refractivity contribution >= 4 is 5.91 Å². The van der Waals surface area contributed by atoms with E-state index in [0.29, 0.717) is 24.6 Å². The normalized spacial score (nSPS) is 13.6. The number of aryl methyl sites for hydroxylation is 1. The summed E-state index contributed by atoms with van der Waals surface area (Å²) in [6.07, 6.45) is 3.62. The maximum Gasteiger partial charge on any atom is 0.289 e. The molecule has 1 fully saturated rings. The lowest BCUT2D eigenvalue weighted by atomic mass is 10.0. The van der Waals surface area contributed by atoms with Gasteiger partial charge in [0.15, 0.2) is 5.76 Å². The topological polar surface area (TPSA) is 46.3 Å². The van der Waals surface area contributed by atoms with Crippen molar-refractivity contribution in [2.75, 3.05) is 13.1 Å². The maximum atomic E-state index is 12.8. The van der Waals surface area contributed by atoms with Crippen molar-refractivity contribution in [3.63, 3.8) is 0 Å². The fourth-order valence-corrected chi connectivity index (χ4v) is 3.33. The van der Waals surface area contributed by atoms with Gasteiger partial charge in [-0.25, -0.2) is 4.98 Å². The van der Waals surface area contributed by atoms with Crippen LogP contribution in [0.4, 0.5) is 0 Å². The Morgan fingerprint density at radius 3 is 2.59 bits per heavy atom. The molecule has 0 N–H and O–H groups in total. The van der Waals surface area contributed by atoms with E-state index in [1.54, 1.807) is 6.07 Å². The van der Waals surface area contributed by atoms with Crippen LogP contribution in [0.5, 0.6) is 0 Å². The van der Waals surface area contributed by atoms with Gasteiger partial charge in [0.05, 0.1) is 0 Å². The lowest BCUT2D eigenvalue weighted by molar-refractivity contribution is 0.0712. The molecule has 0 atom stereocenters. The number of hydrogen-bond acceptors (Lipinski definition) is 3. The number of rotatable bonds is 2. The summed E-state index contributed by atoms with van der Waals surface area (Å²) >= 11 is 0. The summed E-state index contributed by atoms with van der Waals surface area (Å²) < 4.78 is 5.80. The molecule has 1 amide bonds. The quantitative estimate of drug-likeness (QED) is 0.595. The first-order valence-electron chi connectivity index (χ1n) is 9.77. The van der Waals surface area contributed by atoms with Crippen molar-refractivity contribution in [1.29, 1.82) is 0 Å². The second-order valence-corrected chi connectivity index (χ2v) is 7.06. The highest BCUT2D eigenvalue weighted by atomic mass is 16.4. The van der Waals surface area contributed by atoms with Gasteiger partial charge in [0.2, 0.25) is 0 Å². The third-order valence-corrected chi connectivity index (χ3v) is 4.93. The SMILES string of the molecule is Cc1cccc(C#CC=C2CCN(C(=O)c3ccc(-c4ccccc4)o3)CC2)n1. The van der Waals surface area contributed by atoms with Gasteiger partial charge in [0.25, 0.3) is 5.91 Å². The van der Waals surface area contributed by atoms with E-state index in [9.17, 15) is 4.79 Å². The molecule has 4 nitrogen and oxygen atoms in total. The van der Waals surface area contributed by atoms with E-state index in [0.717, 1.165) is 29.8 Å². The van der Waals surface area contributed by atoms with Gasteiger partial charge in [-0.05, 0) is 56.0 Å². The molecule has 0 aliphatic carbocycles. The zero-order valence-electron chi connectivity index (χ0n) is 16.4. The summed E-state index contributed by atoms with van der Waals surface area (Å²) in [5.41, 5.74) is 3.97. The number of pyridine rings is 1. The molecule has 3 heterocycles. The summed E-state index contributed by atoms with van der Waals surface area (Å²) in [4.78, 5) is 19.0. The molecule has 1 saturated heterocycles. The number of furan rings is 1. The number of amides is 1. The number of piperidine rings is 1. The molecule has 2 aromatic heterocycles. The highest BCUT2D eigenvalue weighted by molar-refractivity contribution is 5.92. The summed E-state index contributed by atoms with van der Waals surface area (Å²) in [6, 6.07) is 19.2. The Bertz CT molecular complexity index is 1090. The number of aromatic nitrogens is 1. The predicted molar refractivity (Wildman–Crippen MR) is 113 cm³/mol. The van der Waals surface area contributed by atoms with Crippen molar-refractivity contribution in [2.24, 2.45) is 0 Å². The third-order valence-electron chi connectivity index (χ3n) is 4.93. The van der Waals surface area contributed by atoms with Crippen LogP contribution < -0.4 is 0 Å². The van der Waals surface area contributed by atoms with E-state index in [2.05, 4.69) is 16.8 Å². The van der Waals surface area contributed by atoms with E-state index in [-0.39, 0.29) is 5.91 Å². The van der Waals surface area contributed by atoms with Gasteiger partial charge in [-0.2, -0.15) is 0 Å². The maximum absolute atomic E-state index is 12.8. The standard InChI is InChI=1S/C25H22N2O2/c1-19-7-5-11-22(26-19)12-6-8-20-15-17-27(18-16-20)25(28)24-14-13-23(29-24)21-9-3-2-4-10-21/h2-5,7-11,13-14H,15-18H2,1H3. The molecular formula is C25H22N2O2. The number of carbonyl (C=O) groups is 1.